The molecule has 1 saturated heterocycles. The van der Waals surface area contributed by atoms with Gasteiger partial charge in [-0.25, -0.2) is 0 Å². The van der Waals surface area contributed by atoms with Gasteiger partial charge in [0.05, 0.1) is 16.4 Å². The van der Waals surface area contributed by atoms with Gasteiger partial charge in [-0.1, -0.05) is 16.1 Å². The van der Waals surface area contributed by atoms with Crippen LogP contribution >= 0.6 is 23.1 Å². The first-order chi connectivity index (χ1) is 9.79. The zero-order valence-corrected chi connectivity index (χ0v) is 12.6. The lowest BCUT2D eigenvalue weighted by atomic mass is 10.2. The average Bonchev–Trinajstić information content (AvgIpc) is 2.96. The summed E-state index contributed by atoms with van der Waals surface area (Å²) < 4.78 is 3.90. The van der Waals surface area contributed by atoms with Crippen LogP contribution in [0, 0.1) is 0 Å². The topological polar surface area (TPSA) is 45.2 Å². The maximum Gasteiger partial charge on any atom is 0.0895 e. The predicted molar refractivity (Wildman–Crippen MR) is 79.7 cm³/mol. The third-order valence-corrected chi connectivity index (χ3v) is 4.21. The van der Waals surface area contributed by atoms with Gasteiger partial charge >= 0.3 is 0 Å². The van der Waals surface area contributed by atoms with Gasteiger partial charge in [-0.05, 0) is 23.7 Å². The molecule has 1 aliphatic heterocycles. The van der Waals surface area contributed by atoms with Crippen molar-refractivity contribution in [1.29, 1.82) is 0 Å². The van der Waals surface area contributed by atoms with E-state index in [-0.39, 0.29) is 0 Å². The Morgan fingerprint density at radius 3 is 2.30 bits per heavy atom. The highest BCUT2D eigenvalue weighted by atomic mass is 35.5. The largest absolute Gasteiger partial charge is 0.295 e. The van der Waals surface area contributed by atoms with E-state index in [1.165, 1.54) is 11.5 Å². The molecule has 3 rings (SSSR count). The van der Waals surface area contributed by atoms with Gasteiger partial charge < -0.3 is 0 Å². The van der Waals surface area contributed by atoms with Gasteiger partial charge in [0.15, 0.2) is 0 Å². The Kier molecular flexibility index (Phi) is 4.57. The average molecular weight is 310 g/mol. The zero-order chi connectivity index (χ0) is 13.8. The second kappa shape index (κ2) is 6.58. The molecule has 5 nitrogen and oxygen atoms in total. The molecule has 0 aromatic carbocycles. The Balaban J connectivity index is 1.47. The fraction of sp³-hybridized carbons (Fsp3) is 0.462. The first-order valence-electron chi connectivity index (χ1n) is 6.61. The quantitative estimate of drug-likeness (QED) is 0.863. The summed E-state index contributed by atoms with van der Waals surface area (Å²) in [4.78, 5) is 9.19. The lowest BCUT2D eigenvalue weighted by molar-refractivity contribution is 0.120. The monoisotopic (exact) mass is 309 g/mol. The summed E-state index contributed by atoms with van der Waals surface area (Å²) in [5, 5.41) is 6.80. The molecule has 0 spiro atoms. The fourth-order valence-electron chi connectivity index (χ4n) is 2.32. The second-order valence-corrected chi connectivity index (χ2v) is 5.96. The van der Waals surface area contributed by atoms with Crippen LogP contribution in [-0.4, -0.2) is 50.5 Å². The van der Waals surface area contributed by atoms with Gasteiger partial charge in [-0.3, -0.25) is 14.8 Å². The molecular formula is C13H16ClN5S. The van der Waals surface area contributed by atoms with E-state index < -0.39 is 0 Å². The van der Waals surface area contributed by atoms with Crippen molar-refractivity contribution in [1.82, 2.24) is 24.4 Å². The molecule has 1 fully saturated rings. The molecule has 3 heterocycles. The first-order valence-corrected chi connectivity index (χ1v) is 7.82. The highest BCUT2D eigenvalue weighted by Crippen LogP contribution is 2.11. The Labute approximate surface area is 127 Å². The van der Waals surface area contributed by atoms with Gasteiger partial charge in [-0.15, -0.1) is 5.10 Å². The lowest BCUT2D eigenvalue weighted by Gasteiger charge is -2.34. The minimum atomic E-state index is 0.690. The number of nitrogens with zero attached hydrogens (tertiary/aromatic N) is 5. The molecule has 0 aliphatic carbocycles. The molecule has 1 aliphatic rings. The van der Waals surface area contributed by atoms with Gasteiger partial charge in [0, 0.05) is 50.8 Å². The molecule has 106 valence electrons. The van der Waals surface area contributed by atoms with Crippen molar-refractivity contribution in [2.24, 2.45) is 0 Å². The number of hydrogen-bond acceptors (Lipinski definition) is 6. The predicted octanol–water partition coefficient (Wildman–Crippen LogP) is 1.90. The Hall–Kier alpha value is -1.08. The molecule has 2 aromatic heterocycles. The van der Waals surface area contributed by atoms with Crippen LogP contribution in [0.3, 0.4) is 0 Å². The number of pyridine rings is 1. The van der Waals surface area contributed by atoms with Crippen molar-refractivity contribution < 1.29 is 0 Å². The summed E-state index contributed by atoms with van der Waals surface area (Å²) >= 11 is 7.26. The molecular weight excluding hydrogens is 294 g/mol. The summed E-state index contributed by atoms with van der Waals surface area (Å²) in [5.74, 6) is 0. The smallest absolute Gasteiger partial charge is 0.0895 e. The number of halogens is 1. The Morgan fingerprint density at radius 1 is 1.05 bits per heavy atom. The van der Waals surface area contributed by atoms with E-state index in [9.17, 15) is 0 Å². The van der Waals surface area contributed by atoms with Gasteiger partial charge in [0.2, 0.25) is 0 Å². The fourth-order valence-corrected chi connectivity index (χ4v) is 2.87. The second-order valence-electron chi connectivity index (χ2n) is 4.92. The summed E-state index contributed by atoms with van der Waals surface area (Å²) in [7, 11) is 0. The van der Waals surface area contributed by atoms with E-state index in [4.69, 9.17) is 11.6 Å². The first kappa shape index (κ1) is 13.9. The van der Waals surface area contributed by atoms with Crippen molar-refractivity contribution in [2.45, 2.75) is 13.1 Å². The number of hydrogen-bond donors (Lipinski definition) is 0. The summed E-state index contributed by atoms with van der Waals surface area (Å²) in [6.45, 7) is 6.03. The van der Waals surface area contributed by atoms with E-state index >= 15 is 0 Å². The zero-order valence-electron chi connectivity index (χ0n) is 11.1. The third-order valence-electron chi connectivity index (χ3n) is 3.43. The number of piperazine rings is 1. The minimum absolute atomic E-state index is 0.690. The normalized spacial score (nSPS) is 17.4. The SMILES string of the molecule is Clc1ccc(CN2CCN(Cc3csnn3)CC2)nc1. The van der Waals surface area contributed by atoms with Crippen LogP contribution in [0.5, 0.6) is 0 Å². The van der Waals surface area contributed by atoms with E-state index in [0.29, 0.717) is 5.02 Å². The summed E-state index contributed by atoms with van der Waals surface area (Å²) in [6.07, 6.45) is 1.71. The standard InChI is InChI=1S/C13H16ClN5S/c14-11-1-2-12(15-7-11)8-18-3-5-19(6-4-18)9-13-10-20-17-16-13/h1-2,7,10H,3-6,8-9H2. The molecule has 0 amide bonds. The van der Waals surface area contributed by atoms with Gasteiger partial charge in [0.25, 0.3) is 0 Å². The van der Waals surface area contributed by atoms with Crippen LogP contribution in [0.1, 0.15) is 11.4 Å². The van der Waals surface area contributed by atoms with Crippen LogP contribution in [0.25, 0.3) is 0 Å². The summed E-state index contributed by atoms with van der Waals surface area (Å²) in [5.41, 5.74) is 2.15. The third kappa shape index (κ3) is 3.73. The highest BCUT2D eigenvalue weighted by molar-refractivity contribution is 7.03. The molecule has 20 heavy (non-hydrogen) atoms. The molecule has 0 bridgehead atoms. The number of aromatic nitrogens is 3. The minimum Gasteiger partial charge on any atom is -0.295 e. The van der Waals surface area contributed by atoms with Crippen LogP contribution < -0.4 is 0 Å². The van der Waals surface area contributed by atoms with Crippen molar-refractivity contribution in [3.63, 3.8) is 0 Å². The van der Waals surface area contributed by atoms with Crippen molar-refractivity contribution >= 4 is 23.1 Å². The number of rotatable bonds is 4. The van der Waals surface area contributed by atoms with E-state index in [0.717, 1.165) is 50.7 Å². The van der Waals surface area contributed by atoms with Gasteiger partial charge in [-0.2, -0.15) is 0 Å². The van der Waals surface area contributed by atoms with E-state index in [2.05, 4.69) is 24.4 Å². The van der Waals surface area contributed by atoms with Crippen LogP contribution in [0.15, 0.2) is 23.7 Å². The van der Waals surface area contributed by atoms with Crippen molar-refractivity contribution in [3.05, 3.63) is 40.1 Å². The molecule has 0 atom stereocenters. The molecule has 2 aromatic rings. The molecule has 0 radical (unpaired) electrons. The molecule has 0 N–H and O–H groups in total. The maximum atomic E-state index is 5.85. The van der Waals surface area contributed by atoms with Crippen LogP contribution in [-0.2, 0) is 13.1 Å². The van der Waals surface area contributed by atoms with E-state index in [1.807, 2.05) is 17.5 Å². The highest BCUT2D eigenvalue weighted by Gasteiger charge is 2.18. The lowest BCUT2D eigenvalue weighted by Crippen LogP contribution is -2.45. The Bertz CT molecular complexity index is 522. The van der Waals surface area contributed by atoms with Crippen molar-refractivity contribution in [2.75, 3.05) is 26.2 Å². The van der Waals surface area contributed by atoms with Crippen LogP contribution in [0.2, 0.25) is 5.02 Å². The molecule has 7 heteroatoms. The van der Waals surface area contributed by atoms with Crippen LogP contribution in [0.4, 0.5) is 0 Å². The summed E-state index contributed by atoms with van der Waals surface area (Å²) in [6, 6.07) is 3.89. The maximum absolute atomic E-state index is 5.85. The molecule has 0 saturated carbocycles. The van der Waals surface area contributed by atoms with Gasteiger partial charge in [0.1, 0.15) is 0 Å². The molecule has 0 unspecified atom stereocenters. The van der Waals surface area contributed by atoms with Crippen molar-refractivity contribution in [3.8, 4) is 0 Å². The Morgan fingerprint density at radius 2 is 1.75 bits per heavy atom. The van der Waals surface area contributed by atoms with E-state index in [1.54, 1.807) is 6.20 Å².